The summed E-state index contributed by atoms with van der Waals surface area (Å²) in [6.07, 6.45) is 5.44. The van der Waals surface area contributed by atoms with Crippen LogP contribution in [0, 0.1) is 0 Å². The summed E-state index contributed by atoms with van der Waals surface area (Å²) in [6.45, 7) is 2.06. The van der Waals surface area contributed by atoms with E-state index in [1.807, 2.05) is 34.7 Å². The lowest BCUT2D eigenvalue weighted by atomic mass is 9.94. The number of thioether (sulfide) groups is 1. The van der Waals surface area contributed by atoms with Gasteiger partial charge < -0.3 is 9.47 Å². The molecule has 0 aliphatic heterocycles. The van der Waals surface area contributed by atoms with E-state index in [4.69, 9.17) is 9.47 Å². The number of hydrogen-bond acceptors (Lipinski definition) is 4. The largest absolute Gasteiger partial charge is 0.379 e. The average Bonchev–Trinajstić information content (AvgIpc) is 2.48. The van der Waals surface area contributed by atoms with Crippen molar-refractivity contribution in [1.29, 1.82) is 0 Å². The van der Waals surface area contributed by atoms with Gasteiger partial charge in [0.15, 0.2) is 12.0 Å². The molecule has 5 heteroatoms. The molecular formula is C16H24NO3S+. The molecule has 0 unspecified atom stereocenters. The van der Waals surface area contributed by atoms with E-state index < -0.39 is 0 Å². The van der Waals surface area contributed by atoms with Crippen LogP contribution in [0.3, 0.4) is 0 Å². The van der Waals surface area contributed by atoms with E-state index in [2.05, 4.69) is 6.07 Å². The monoisotopic (exact) mass is 310 g/mol. The SMILES string of the molecule is CO[C@@H]1CC[C@H](Sc2cccc[n+]2CC(C)=O)C[C@H]1OC. The van der Waals surface area contributed by atoms with Crippen molar-refractivity contribution < 1.29 is 18.8 Å². The minimum atomic E-state index is 0.159. The van der Waals surface area contributed by atoms with Crippen LogP contribution in [0.2, 0.25) is 0 Å². The Kier molecular flexibility index (Phi) is 6.21. The first kappa shape index (κ1) is 16.5. The highest BCUT2D eigenvalue weighted by Gasteiger charge is 2.32. The first-order chi connectivity index (χ1) is 10.1. The number of carbonyl (C=O) groups excluding carboxylic acids is 1. The lowest BCUT2D eigenvalue weighted by Crippen LogP contribution is -2.41. The quantitative estimate of drug-likeness (QED) is 0.756. The van der Waals surface area contributed by atoms with Crippen molar-refractivity contribution >= 4 is 17.5 Å². The zero-order chi connectivity index (χ0) is 15.2. The number of hydrogen-bond donors (Lipinski definition) is 0. The Labute approximate surface area is 130 Å². The van der Waals surface area contributed by atoms with Gasteiger partial charge in [-0.15, -0.1) is 0 Å². The van der Waals surface area contributed by atoms with Crippen molar-refractivity contribution in [2.75, 3.05) is 14.2 Å². The van der Waals surface area contributed by atoms with Crippen molar-refractivity contribution in [3.05, 3.63) is 24.4 Å². The number of nitrogens with zero attached hydrogens (tertiary/aromatic N) is 1. The fourth-order valence-corrected chi connectivity index (χ4v) is 4.10. The molecule has 1 aliphatic carbocycles. The molecule has 0 saturated heterocycles. The van der Waals surface area contributed by atoms with E-state index in [0.29, 0.717) is 11.8 Å². The molecule has 21 heavy (non-hydrogen) atoms. The molecule has 0 radical (unpaired) electrons. The number of aromatic nitrogens is 1. The van der Waals surface area contributed by atoms with Gasteiger partial charge in [0.25, 0.3) is 0 Å². The van der Waals surface area contributed by atoms with Crippen molar-refractivity contribution in [2.24, 2.45) is 0 Å². The number of rotatable bonds is 6. The number of ether oxygens (including phenoxy) is 2. The van der Waals surface area contributed by atoms with Crippen LogP contribution in [-0.2, 0) is 20.8 Å². The third kappa shape index (κ3) is 4.53. The smallest absolute Gasteiger partial charge is 0.240 e. The Morgan fingerprint density at radius 2 is 2.05 bits per heavy atom. The fraction of sp³-hybridized carbons (Fsp3) is 0.625. The Hall–Kier alpha value is -0.910. The maximum Gasteiger partial charge on any atom is 0.240 e. The predicted octanol–water partition coefficient (Wildman–Crippen LogP) is 2.24. The van der Waals surface area contributed by atoms with Gasteiger partial charge in [-0.1, -0.05) is 11.8 Å². The summed E-state index contributed by atoms with van der Waals surface area (Å²) in [5, 5.41) is 1.64. The molecule has 2 rings (SSSR count). The second-order valence-corrected chi connectivity index (χ2v) is 6.79. The zero-order valence-electron chi connectivity index (χ0n) is 13.0. The van der Waals surface area contributed by atoms with Gasteiger partial charge in [-0.2, -0.15) is 4.57 Å². The molecule has 0 aromatic carbocycles. The summed E-state index contributed by atoms with van der Waals surface area (Å²) >= 11 is 1.84. The van der Waals surface area contributed by atoms with Crippen LogP contribution in [0.5, 0.6) is 0 Å². The van der Waals surface area contributed by atoms with E-state index in [9.17, 15) is 4.79 Å². The highest BCUT2D eigenvalue weighted by atomic mass is 32.2. The lowest BCUT2D eigenvalue weighted by Gasteiger charge is -2.33. The molecule has 116 valence electrons. The molecule has 0 bridgehead atoms. The van der Waals surface area contributed by atoms with Crippen molar-refractivity contribution in [3.63, 3.8) is 0 Å². The van der Waals surface area contributed by atoms with Crippen molar-refractivity contribution in [1.82, 2.24) is 0 Å². The molecule has 1 fully saturated rings. The Morgan fingerprint density at radius 1 is 1.29 bits per heavy atom. The minimum Gasteiger partial charge on any atom is -0.379 e. The molecule has 1 aliphatic rings. The molecule has 3 atom stereocenters. The van der Waals surface area contributed by atoms with Crippen LogP contribution in [0.1, 0.15) is 26.2 Å². The Morgan fingerprint density at radius 3 is 2.71 bits per heavy atom. The Balaban J connectivity index is 2.03. The van der Waals surface area contributed by atoms with E-state index in [-0.39, 0.29) is 18.0 Å². The summed E-state index contributed by atoms with van der Waals surface area (Å²) < 4.78 is 13.1. The van der Waals surface area contributed by atoms with Crippen LogP contribution in [0.4, 0.5) is 0 Å². The van der Waals surface area contributed by atoms with Gasteiger partial charge in [-0.05, 0) is 25.3 Å². The summed E-state index contributed by atoms with van der Waals surface area (Å²) in [7, 11) is 3.50. The molecule has 1 aromatic rings. The summed E-state index contributed by atoms with van der Waals surface area (Å²) in [6, 6.07) is 6.07. The summed E-state index contributed by atoms with van der Waals surface area (Å²) in [5.41, 5.74) is 0. The van der Waals surface area contributed by atoms with Gasteiger partial charge in [0, 0.05) is 38.5 Å². The van der Waals surface area contributed by atoms with Crippen LogP contribution in [0.15, 0.2) is 29.4 Å². The minimum absolute atomic E-state index is 0.159. The molecule has 0 spiro atoms. The molecular weight excluding hydrogens is 286 g/mol. The maximum absolute atomic E-state index is 11.4. The van der Waals surface area contributed by atoms with E-state index in [1.54, 1.807) is 21.1 Å². The van der Waals surface area contributed by atoms with Gasteiger partial charge >= 0.3 is 0 Å². The summed E-state index contributed by atoms with van der Waals surface area (Å²) in [4.78, 5) is 11.4. The van der Waals surface area contributed by atoms with Gasteiger partial charge in [-0.3, -0.25) is 4.79 Å². The van der Waals surface area contributed by atoms with Gasteiger partial charge in [-0.25, -0.2) is 0 Å². The maximum atomic E-state index is 11.4. The fourth-order valence-electron chi connectivity index (χ4n) is 2.80. The number of pyridine rings is 1. The molecule has 1 saturated carbocycles. The van der Waals surface area contributed by atoms with Gasteiger partial charge in [0.2, 0.25) is 11.6 Å². The standard InChI is InChI=1S/C16H24NO3S/c1-12(18)11-17-9-5-4-6-16(17)21-13-7-8-14(19-2)15(10-13)20-3/h4-6,9,13-15H,7-8,10-11H2,1-3H3/q+1/t13-,14+,15+/m0/s1. The van der Waals surface area contributed by atoms with Gasteiger partial charge in [0.1, 0.15) is 0 Å². The lowest BCUT2D eigenvalue weighted by molar-refractivity contribution is -0.720. The van der Waals surface area contributed by atoms with Crippen LogP contribution < -0.4 is 4.57 Å². The molecule has 4 nitrogen and oxygen atoms in total. The topological polar surface area (TPSA) is 39.4 Å². The van der Waals surface area contributed by atoms with E-state index >= 15 is 0 Å². The normalized spacial score (nSPS) is 25.8. The third-order valence-corrected chi connectivity index (χ3v) is 5.24. The molecule has 0 N–H and O–H groups in total. The van der Waals surface area contributed by atoms with Crippen LogP contribution in [0.25, 0.3) is 0 Å². The van der Waals surface area contributed by atoms with Crippen molar-refractivity contribution in [2.45, 2.75) is 55.2 Å². The average molecular weight is 310 g/mol. The molecule has 1 heterocycles. The van der Waals surface area contributed by atoms with E-state index in [0.717, 1.165) is 24.3 Å². The van der Waals surface area contributed by atoms with Crippen molar-refractivity contribution in [3.8, 4) is 0 Å². The predicted molar refractivity (Wildman–Crippen MR) is 82.4 cm³/mol. The highest BCUT2D eigenvalue weighted by Crippen LogP contribution is 2.34. The summed E-state index contributed by atoms with van der Waals surface area (Å²) in [5.74, 6) is 0.172. The second kappa shape index (κ2) is 7.92. The first-order valence-electron chi connectivity index (χ1n) is 7.34. The number of Topliss-reactive ketones (excluding diaryl/α,β-unsaturated/α-hetero) is 1. The number of ketones is 1. The first-order valence-corrected chi connectivity index (χ1v) is 8.22. The Bertz CT molecular complexity index is 480. The number of methoxy groups -OCH3 is 2. The molecule has 1 aromatic heterocycles. The van der Waals surface area contributed by atoms with Crippen LogP contribution in [-0.4, -0.2) is 37.5 Å². The molecule has 0 amide bonds. The highest BCUT2D eigenvalue weighted by molar-refractivity contribution is 7.99. The van der Waals surface area contributed by atoms with Crippen LogP contribution >= 0.6 is 11.8 Å². The third-order valence-electron chi connectivity index (χ3n) is 3.87. The second-order valence-electron chi connectivity index (χ2n) is 5.47. The number of carbonyl (C=O) groups is 1. The zero-order valence-corrected chi connectivity index (χ0v) is 13.8. The van der Waals surface area contributed by atoms with Gasteiger partial charge in [0.05, 0.1) is 12.2 Å². The van der Waals surface area contributed by atoms with E-state index in [1.165, 1.54) is 0 Å².